The molecule has 0 bridgehead atoms. The molecule has 0 radical (unpaired) electrons. The normalized spacial score (nSPS) is 10.9. The Morgan fingerprint density at radius 3 is 2.47 bits per heavy atom. The minimum absolute atomic E-state index is 0. The first-order chi connectivity index (χ1) is 6.74. The summed E-state index contributed by atoms with van der Waals surface area (Å²) in [4.78, 5) is 20.8. The Morgan fingerprint density at radius 1 is 1.40 bits per heavy atom. The summed E-state index contributed by atoms with van der Waals surface area (Å²) in [6.07, 6.45) is 0.705. The van der Waals surface area contributed by atoms with Crippen LogP contribution in [0.5, 0.6) is 0 Å². The molecule has 0 spiro atoms. The van der Waals surface area contributed by atoms with Gasteiger partial charge >= 0.3 is 35.5 Å². The molecule has 0 saturated carbocycles. The molecular weight excluding hydrogens is 205 g/mol. The molecule has 2 N–H and O–H groups in total. The minimum atomic E-state index is -1.03. The smallest absolute Gasteiger partial charge is 0.480 e. The van der Waals surface area contributed by atoms with Crippen LogP contribution in [0.2, 0.25) is 0 Å². The molecule has 1 aromatic rings. The number of carboxylic acids is 1. The van der Waals surface area contributed by atoms with Crippen LogP contribution in [0.4, 0.5) is 0 Å². The predicted octanol–water partition coefficient (Wildman–Crippen LogP) is -2.57. The number of carbonyl (C=O) groups is 2. The van der Waals surface area contributed by atoms with E-state index in [1.807, 2.05) is 30.3 Å². The fraction of sp³-hybridized carbons (Fsp3) is 0.200. The second-order valence-corrected chi connectivity index (χ2v) is 2.87. The number of aliphatic carboxylic acids is 1. The minimum Gasteiger partial charge on any atom is -0.480 e. The molecule has 74 valence electrons. The number of amides is 1. The SMILES string of the molecule is O=CNC(Cc1ccccc1)C(=O)O.[Na+]. The van der Waals surface area contributed by atoms with E-state index in [9.17, 15) is 9.59 Å². The van der Waals surface area contributed by atoms with Crippen molar-refractivity contribution < 1.29 is 44.3 Å². The van der Waals surface area contributed by atoms with Gasteiger partial charge in [-0.15, -0.1) is 0 Å². The summed E-state index contributed by atoms with van der Waals surface area (Å²) in [5, 5.41) is 11.0. The van der Waals surface area contributed by atoms with Crippen molar-refractivity contribution in [3.8, 4) is 0 Å². The molecule has 0 fully saturated rings. The molecule has 0 aromatic heterocycles. The summed E-state index contributed by atoms with van der Waals surface area (Å²) in [6.45, 7) is 0. The molecule has 1 unspecified atom stereocenters. The van der Waals surface area contributed by atoms with Crippen LogP contribution in [-0.4, -0.2) is 23.5 Å². The van der Waals surface area contributed by atoms with Gasteiger partial charge in [0.25, 0.3) is 0 Å². The van der Waals surface area contributed by atoms with E-state index >= 15 is 0 Å². The van der Waals surface area contributed by atoms with Crippen LogP contribution in [0.15, 0.2) is 30.3 Å². The first-order valence-electron chi connectivity index (χ1n) is 4.20. The van der Waals surface area contributed by atoms with Gasteiger partial charge in [0.2, 0.25) is 6.41 Å². The van der Waals surface area contributed by atoms with Gasteiger partial charge in [0, 0.05) is 6.42 Å². The van der Waals surface area contributed by atoms with Crippen molar-refractivity contribution in [2.45, 2.75) is 12.5 Å². The Hall–Kier alpha value is -0.840. The van der Waals surface area contributed by atoms with Gasteiger partial charge in [-0.2, -0.15) is 0 Å². The zero-order chi connectivity index (χ0) is 10.4. The summed E-state index contributed by atoms with van der Waals surface area (Å²) in [5.41, 5.74) is 0.884. The number of carbonyl (C=O) groups excluding carboxylic acids is 1. The average Bonchev–Trinajstić information content (AvgIpc) is 2.18. The molecule has 0 aliphatic rings. The maximum Gasteiger partial charge on any atom is 1.00 e. The molecule has 0 heterocycles. The number of carboxylic acid groups (broad SMARTS) is 1. The van der Waals surface area contributed by atoms with Crippen LogP contribution >= 0.6 is 0 Å². The molecule has 15 heavy (non-hydrogen) atoms. The van der Waals surface area contributed by atoms with Gasteiger partial charge in [0.1, 0.15) is 6.04 Å². The topological polar surface area (TPSA) is 66.4 Å². The Kier molecular flexibility index (Phi) is 7.03. The van der Waals surface area contributed by atoms with E-state index in [2.05, 4.69) is 5.32 Å². The third-order valence-electron chi connectivity index (χ3n) is 1.85. The van der Waals surface area contributed by atoms with E-state index < -0.39 is 12.0 Å². The van der Waals surface area contributed by atoms with Gasteiger partial charge in [-0.25, -0.2) is 4.79 Å². The van der Waals surface area contributed by atoms with Crippen LogP contribution in [0.25, 0.3) is 0 Å². The van der Waals surface area contributed by atoms with Crippen molar-refractivity contribution >= 4 is 12.4 Å². The van der Waals surface area contributed by atoms with E-state index in [1.165, 1.54) is 0 Å². The zero-order valence-corrected chi connectivity index (χ0v) is 10.5. The number of rotatable bonds is 5. The molecule has 0 aliphatic carbocycles. The summed E-state index contributed by atoms with van der Waals surface area (Å²) in [7, 11) is 0. The van der Waals surface area contributed by atoms with Crippen molar-refractivity contribution in [3.05, 3.63) is 35.9 Å². The molecule has 1 rings (SSSR count). The predicted molar refractivity (Wildman–Crippen MR) is 50.8 cm³/mol. The zero-order valence-electron chi connectivity index (χ0n) is 8.51. The van der Waals surface area contributed by atoms with Crippen molar-refractivity contribution in [2.75, 3.05) is 0 Å². The standard InChI is InChI=1S/C10H11NO3.Na/c12-7-11-9(10(13)14)6-8-4-2-1-3-5-8;/h1-5,7,9H,6H2,(H,11,12)(H,13,14);/q;+1. The second-order valence-electron chi connectivity index (χ2n) is 2.87. The molecule has 0 saturated heterocycles. The van der Waals surface area contributed by atoms with E-state index in [0.29, 0.717) is 12.8 Å². The van der Waals surface area contributed by atoms with Gasteiger partial charge < -0.3 is 10.4 Å². The maximum absolute atomic E-state index is 10.7. The van der Waals surface area contributed by atoms with Crippen molar-refractivity contribution in [1.29, 1.82) is 0 Å². The fourth-order valence-electron chi connectivity index (χ4n) is 1.15. The van der Waals surface area contributed by atoms with E-state index in [1.54, 1.807) is 0 Å². The van der Waals surface area contributed by atoms with Crippen molar-refractivity contribution in [3.63, 3.8) is 0 Å². The number of hydrogen-bond acceptors (Lipinski definition) is 2. The van der Waals surface area contributed by atoms with Crippen LogP contribution in [0.3, 0.4) is 0 Å². The average molecular weight is 216 g/mol. The largest absolute Gasteiger partial charge is 1.00 e. The molecule has 1 atom stereocenters. The third kappa shape index (κ3) is 4.97. The Balaban J connectivity index is 0.00000196. The first kappa shape index (κ1) is 14.2. The van der Waals surface area contributed by atoms with Crippen molar-refractivity contribution in [1.82, 2.24) is 5.32 Å². The number of benzene rings is 1. The monoisotopic (exact) mass is 216 g/mol. The molecule has 0 aliphatic heterocycles. The molecular formula is C10H11NNaO3+. The van der Waals surface area contributed by atoms with Gasteiger partial charge in [-0.05, 0) is 5.56 Å². The second kappa shape index (κ2) is 7.45. The molecule has 4 nitrogen and oxygen atoms in total. The summed E-state index contributed by atoms with van der Waals surface area (Å²) >= 11 is 0. The van der Waals surface area contributed by atoms with Gasteiger partial charge in [-0.1, -0.05) is 30.3 Å². The van der Waals surface area contributed by atoms with E-state index in [-0.39, 0.29) is 29.6 Å². The van der Waals surface area contributed by atoms with Crippen LogP contribution in [-0.2, 0) is 16.0 Å². The number of hydrogen-bond donors (Lipinski definition) is 2. The quantitative estimate of drug-likeness (QED) is 0.420. The van der Waals surface area contributed by atoms with Crippen LogP contribution in [0, 0.1) is 0 Å². The number of nitrogens with one attached hydrogen (secondary N) is 1. The van der Waals surface area contributed by atoms with Gasteiger partial charge in [0.05, 0.1) is 0 Å². The summed E-state index contributed by atoms with van der Waals surface area (Å²) < 4.78 is 0. The molecule has 1 aromatic carbocycles. The van der Waals surface area contributed by atoms with Crippen LogP contribution in [0.1, 0.15) is 5.56 Å². The molecule has 5 heteroatoms. The first-order valence-corrected chi connectivity index (χ1v) is 4.20. The van der Waals surface area contributed by atoms with Crippen LogP contribution < -0.4 is 34.9 Å². The third-order valence-corrected chi connectivity index (χ3v) is 1.85. The Morgan fingerprint density at radius 2 is 2.00 bits per heavy atom. The van der Waals surface area contributed by atoms with Crippen molar-refractivity contribution in [2.24, 2.45) is 0 Å². The summed E-state index contributed by atoms with van der Waals surface area (Å²) in [5.74, 6) is -1.03. The Labute approximate surface area is 110 Å². The van der Waals surface area contributed by atoms with E-state index in [0.717, 1.165) is 5.56 Å². The molecule has 1 amide bonds. The van der Waals surface area contributed by atoms with Gasteiger partial charge in [-0.3, -0.25) is 4.79 Å². The van der Waals surface area contributed by atoms with E-state index in [4.69, 9.17) is 5.11 Å². The fourth-order valence-corrected chi connectivity index (χ4v) is 1.15. The van der Waals surface area contributed by atoms with Gasteiger partial charge in [0.15, 0.2) is 0 Å². The maximum atomic E-state index is 10.7. The summed E-state index contributed by atoms with van der Waals surface area (Å²) in [6, 6.07) is 8.30. The Bertz CT molecular complexity index is 316.